The normalized spacial score (nSPS) is 13.3. The molecule has 0 aliphatic heterocycles. The summed E-state index contributed by atoms with van der Waals surface area (Å²) in [7, 11) is -3.87. The quantitative estimate of drug-likeness (QED) is 0.842. The van der Waals surface area contributed by atoms with Gasteiger partial charge in [0, 0.05) is 11.6 Å². The first kappa shape index (κ1) is 15.5. The Balaban J connectivity index is 2.31. The van der Waals surface area contributed by atoms with Crippen molar-refractivity contribution in [3.8, 4) is 0 Å². The minimum absolute atomic E-state index is 0.104. The van der Waals surface area contributed by atoms with Crippen LogP contribution in [-0.2, 0) is 10.0 Å². The number of nitrogens with zero attached hydrogens (tertiary/aromatic N) is 1. The largest absolute Gasteiger partial charge is 0.396 e. The van der Waals surface area contributed by atoms with E-state index in [1.807, 2.05) is 0 Å². The van der Waals surface area contributed by atoms with Crippen molar-refractivity contribution in [2.45, 2.75) is 31.7 Å². The molecule has 0 aliphatic rings. The van der Waals surface area contributed by atoms with Crippen LogP contribution < -0.4 is 10.5 Å². The molecule has 8 heteroatoms. The number of aryl methyl sites for hydroxylation is 2. The molecule has 0 saturated carbocycles. The van der Waals surface area contributed by atoms with E-state index in [1.54, 1.807) is 20.8 Å². The van der Waals surface area contributed by atoms with Gasteiger partial charge >= 0.3 is 0 Å². The molecule has 0 fully saturated rings. The molecule has 1 heterocycles. The number of anilines is 1. The number of nitrogens with two attached hydrogens (primary N) is 1. The van der Waals surface area contributed by atoms with Crippen molar-refractivity contribution in [2.24, 2.45) is 0 Å². The second-order valence-corrected chi connectivity index (χ2v) is 6.48. The van der Waals surface area contributed by atoms with E-state index in [9.17, 15) is 12.8 Å². The third-order valence-electron chi connectivity index (χ3n) is 3.14. The first-order chi connectivity index (χ1) is 9.72. The number of hydrogen-bond donors (Lipinski definition) is 2. The van der Waals surface area contributed by atoms with Gasteiger partial charge in [0.25, 0.3) is 0 Å². The van der Waals surface area contributed by atoms with Crippen molar-refractivity contribution in [1.82, 2.24) is 9.88 Å². The lowest BCUT2D eigenvalue weighted by Crippen LogP contribution is -2.27. The van der Waals surface area contributed by atoms with E-state index in [2.05, 4.69) is 9.88 Å². The number of aromatic nitrogens is 1. The Hall–Kier alpha value is -1.93. The molecule has 0 radical (unpaired) electrons. The second kappa shape index (κ2) is 5.45. The first-order valence-electron chi connectivity index (χ1n) is 6.22. The average Bonchev–Trinajstić information content (AvgIpc) is 2.71. The van der Waals surface area contributed by atoms with E-state index < -0.39 is 21.9 Å². The summed E-state index contributed by atoms with van der Waals surface area (Å²) in [5.41, 5.74) is 6.50. The molecule has 0 amide bonds. The Labute approximate surface area is 122 Å². The summed E-state index contributed by atoms with van der Waals surface area (Å²) in [6.07, 6.45) is 0. The van der Waals surface area contributed by atoms with E-state index in [0.29, 0.717) is 17.0 Å². The van der Waals surface area contributed by atoms with Crippen LogP contribution in [0, 0.1) is 19.7 Å². The minimum Gasteiger partial charge on any atom is -0.396 e. The average molecular weight is 313 g/mol. The molecule has 2 rings (SSSR count). The molecule has 1 aromatic heterocycles. The van der Waals surface area contributed by atoms with Gasteiger partial charge in [-0.05, 0) is 39.0 Å². The van der Waals surface area contributed by atoms with Crippen molar-refractivity contribution >= 4 is 15.7 Å². The molecular formula is C13H16FN3O3S. The molecule has 21 heavy (non-hydrogen) atoms. The Bertz CT molecular complexity index is 751. The molecule has 0 aliphatic carbocycles. The van der Waals surface area contributed by atoms with Crippen molar-refractivity contribution in [1.29, 1.82) is 0 Å². The highest BCUT2D eigenvalue weighted by atomic mass is 32.2. The zero-order chi connectivity index (χ0) is 15.8. The molecule has 0 saturated heterocycles. The van der Waals surface area contributed by atoms with Crippen molar-refractivity contribution in [3.63, 3.8) is 0 Å². The van der Waals surface area contributed by atoms with Gasteiger partial charge < -0.3 is 10.3 Å². The topological polar surface area (TPSA) is 98.2 Å². The fourth-order valence-electron chi connectivity index (χ4n) is 2.14. The van der Waals surface area contributed by atoms with Gasteiger partial charge in [0.15, 0.2) is 0 Å². The van der Waals surface area contributed by atoms with Gasteiger partial charge in [0.05, 0.1) is 16.3 Å². The summed E-state index contributed by atoms with van der Waals surface area (Å²) < 4.78 is 45.4. The number of benzene rings is 1. The zero-order valence-electron chi connectivity index (χ0n) is 11.8. The SMILES string of the molecule is Cc1noc(C)c1C(C)NS(=O)(=O)c1ccc(N)c(F)c1. The van der Waals surface area contributed by atoms with Crippen LogP contribution in [0.1, 0.15) is 30.0 Å². The van der Waals surface area contributed by atoms with Crippen LogP contribution in [0.15, 0.2) is 27.6 Å². The van der Waals surface area contributed by atoms with Crippen LogP contribution >= 0.6 is 0 Å². The molecular weight excluding hydrogens is 297 g/mol. The molecule has 0 spiro atoms. The van der Waals surface area contributed by atoms with Gasteiger partial charge in [0.2, 0.25) is 10.0 Å². The third kappa shape index (κ3) is 3.06. The van der Waals surface area contributed by atoms with Gasteiger partial charge in [-0.3, -0.25) is 0 Å². The van der Waals surface area contributed by atoms with Gasteiger partial charge in [-0.25, -0.2) is 17.5 Å². The lowest BCUT2D eigenvalue weighted by Gasteiger charge is -2.14. The highest BCUT2D eigenvalue weighted by molar-refractivity contribution is 7.89. The maximum atomic E-state index is 13.4. The van der Waals surface area contributed by atoms with Crippen LogP contribution in [0.2, 0.25) is 0 Å². The fraction of sp³-hybridized carbons (Fsp3) is 0.308. The van der Waals surface area contributed by atoms with E-state index in [4.69, 9.17) is 10.3 Å². The molecule has 2 aromatic rings. The van der Waals surface area contributed by atoms with Crippen LogP contribution in [0.3, 0.4) is 0 Å². The Morgan fingerprint density at radius 1 is 1.38 bits per heavy atom. The van der Waals surface area contributed by atoms with Crippen LogP contribution in [0.25, 0.3) is 0 Å². The third-order valence-corrected chi connectivity index (χ3v) is 4.67. The van der Waals surface area contributed by atoms with Crippen molar-refractivity contribution in [2.75, 3.05) is 5.73 Å². The summed E-state index contributed by atoms with van der Waals surface area (Å²) in [5, 5.41) is 3.78. The minimum atomic E-state index is -3.87. The van der Waals surface area contributed by atoms with Gasteiger partial charge in [-0.1, -0.05) is 5.16 Å². The molecule has 1 aromatic carbocycles. The van der Waals surface area contributed by atoms with E-state index in [1.165, 1.54) is 12.1 Å². The predicted molar refractivity (Wildman–Crippen MR) is 75.5 cm³/mol. The van der Waals surface area contributed by atoms with Crippen LogP contribution in [-0.4, -0.2) is 13.6 Å². The molecule has 6 nitrogen and oxygen atoms in total. The number of nitrogen functional groups attached to an aromatic ring is 1. The molecule has 3 N–H and O–H groups in total. The summed E-state index contributed by atoms with van der Waals surface area (Å²) in [4.78, 5) is -0.187. The number of sulfonamides is 1. The van der Waals surface area contributed by atoms with Crippen LogP contribution in [0.5, 0.6) is 0 Å². The van der Waals surface area contributed by atoms with Gasteiger partial charge in [-0.15, -0.1) is 0 Å². The van der Waals surface area contributed by atoms with E-state index >= 15 is 0 Å². The lowest BCUT2D eigenvalue weighted by molar-refractivity contribution is 0.391. The molecule has 0 bridgehead atoms. The summed E-state index contributed by atoms with van der Waals surface area (Å²) in [5.74, 6) is -0.242. The molecule has 114 valence electrons. The number of rotatable bonds is 4. The van der Waals surface area contributed by atoms with E-state index in [0.717, 1.165) is 6.07 Å². The lowest BCUT2D eigenvalue weighted by atomic mass is 10.1. The highest BCUT2D eigenvalue weighted by Crippen LogP contribution is 2.24. The smallest absolute Gasteiger partial charge is 0.241 e. The number of halogens is 1. The van der Waals surface area contributed by atoms with E-state index in [-0.39, 0.29) is 10.6 Å². The Morgan fingerprint density at radius 2 is 2.05 bits per heavy atom. The maximum absolute atomic E-state index is 13.4. The first-order valence-corrected chi connectivity index (χ1v) is 7.71. The summed E-state index contributed by atoms with van der Waals surface area (Å²) >= 11 is 0. The second-order valence-electron chi connectivity index (χ2n) is 4.76. The highest BCUT2D eigenvalue weighted by Gasteiger charge is 2.23. The fourth-order valence-corrected chi connectivity index (χ4v) is 3.37. The van der Waals surface area contributed by atoms with Crippen LogP contribution in [0.4, 0.5) is 10.1 Å². The standard InChI is InChI=1S/C13H16FN3O3S/c1-7-13(9(3)20-16-7)8(2)17-21(18,19)10-4-5-12(15)11(14)6-10/h4-6,8,17H,15H2,1-3H3. The van der Waals surface area contributed by atoms with Crippen molar-refractivity contribution in [3.05, 3.63) is 41.0 Å². The number of hydrogen-bond acceptors (Lipinski definition) is 5. The zero-order valence-corrected chi connectivity index (χ0v) is 12.7. The summed E-state index contributed by atoms with van der Waals surface area (Å²) in [6.45, 7) is 5.08. The molecule has 1 atom stereocenters. The van der Waals surface area contributed by atoms with Gasteiger partial charge in [-0.2, -0.15) is 0 Å². The van der Waals surface area contributed by atoms with Gasteiger partial charge in [0.1, 0.15) is 11.6 Å². The monoisotopic (exact) mass is 313 g/mol. The maximum Gasteiger partial charge on any atom is 0.241 e. The molecule has 1 unspecified atom stereocenters. The Morgan fingerprint density at radius 3 is 2.57 bits per heavy atom. The predicted octanol–water partition coefficient (Wildman–Crippen LogP) is 2.05. The summed E-state index contributed by atoms with van der Waals surface area (Å²) in [6, 6.07) is 2.80. The van der Waals surface area contributed by atoms with Crippen molar-refractivity contribution < 1.29 is 17.3 Å². The number of nitrogens with one attached hydrogen (secondary N) is 1. The Kier molecular flexibility index (Phi) is 4.02.